The third kappa shape index (κ3) is 5.03. The minimum atomic E-state index is -1.51. The standard InChI is InChI=1S/C13H15ClN2O5/c1-6(2)8-3-7(4-10(14)15-8)12(19)16-9(13(20)21)5-11(17)18/h3-4,6,9H,5H2,1-2H3,(H,16,19)(H,17,18)(H,20,21). The summed E-state index contributed by atoms with van der Waals surface area (Å²) in [6.45, 7) is 3.73. The van der Waals surface area contributed by atoms with Crippen LogP contribution in [0, 0.1) is 0 Å². The third-order valence-electron chi connectivity index (χ3n) is 2.65. The highest BCUT2D eigenvalue weighted by molar-refractivity contribution is 6.29. The van der Waals surface area contributed by atoms with E-state index >= 15 is 0 Å². The molecule has 8 heteroatoms. The number of pyridine rings is 1. The predicted molar refractivity (Wildman–Crippen MR) is 74.5 cm³/mol. The molecule has 0 fully saturated rings. The first-order valence-electron chi connectivity index (χ1n) is 6.13. The second-order valence-electron chi connectivity index (χ2n) is 4.72. The number of aromatic nitrogens is 1. The summed E-state index contributed by atoms with van der Waals surface area (Å²) in [6.07, 6.45) is -0.711. The monoisotopic (exact) mass is 314 g/mol. The smallest absolute Gasteiger partial charge is 0.326 e. The highest BCUT2D eigenvalue weighted by atomic mass is 35.5. The second-order valence-corrected chi connectivity index (χ2v) is 5.11. The zero-order chi connectivity index (χ0) is 16.2. The molecule has 114 valence electrons. The number of carboxylic acid groups (broad SMARTS) is 2. The maximum Gasteiger partial charge on any atom is 0.326 e. The molecule has 1 amide bonds. The number of hydrogen-bond donors (Lipinski definition) is 3. The van der Waals surface area contributed by atoms with E-state index in [1.807, 2.05) is 13.8 Å². The van der Waals surface area contributed by atoms with Gasteiger partial charge in [-0.1, -0.05) is 25.4 Å². The van der Waals surface area contributed by atoms with Crippen molar-refractivity contribution < 1.29 is 24.6 Å². The van der Waals surface area contributed by atoms with Gasteiger partial charge >= 0.3 is 11.9 Å². The Balaban J connectivity index is 2.97. The first-order valence-corrected chi connectivity index (χ1v) is 6.51. The summed E-state index contributed by atoms with van der Waals surface area (Å²) in [5, 5.41) is 19.8. The van der Waals surface area contributed by atoms with Crippen molar-refractivity contribution in [1.82, 2.24) is 10.3 Å². The van der Waals surface area contributed by atoms with E-state index in [-0.39, 0.29) is 16.6 Å². The number of carbonyl (C=O) groups excluding carboxylic acids is 1. The van der Waals surface area contributed by atoms with E-state index in [1.165, 1.54) is 12.1 Å². The summed E-state index contributed by atoms with van der Waals surface area (Å²) < 4.78 is 0. The van der Waals surface area contributed by atoms with Crippen LogP contribution in [0.1, 0.15) is 42.2 Å². The molecule has 0 spiro atoms. The van der Waals surface area contributed by atoms with E-state index in [9.17, 15) is 14.4 Å². The van der Waals surface area contributed by atoms with Gasteiger partial charge in [-0.2, -0.15) is 0 Å². The van der Waals surface area contributed by atoms with Gasteiger partial charge in [-0.05, 0) is 18.1 Å². The molecule has 21 heavy (non-hydrogen) atoms. The lowest BCUT2D eigenvalue weighted by molar-refractivity contribution is -0.145. The van der Waals surface area contributed by atoms with Crippen LogP contribution in [0.3, 0.4) is 0 Å². The van der Waals surface area contributed by atoms with Crippen LogP contribution in [0.2, 0.25) is 5.15 Å². The number of aliphatic carboxylic acids is 2. The van der Waals surface area contributed by atoms with Gasteiger partial charge in [-0.25, -0.2) is 9.78 Å². The zero-order valence-electron chi connectivity index (χ0n) is 11.5. The molecule has 0 aliphatic heterocycles. The molecule has 1 heterocycles. The fraction of sp³-hybridized carbons (Fsp3) is 0.385. The molecule has 1 atom stereocenters. The number of nitrogens with zero attached hydrogens (tertiary/aromatic N) is 1. The lowest BCUT2D eigenvalue weighted by atomic mass is 10.1. The number of rotatable bonds is 6. The first-order chi connectivity index (χ1) is 9.70. The van der Waals surface area contributed by atoms with Gasteiger partial charge in [0.25, 0.3) is 5.91 Å². The molecule has 1 aromatic rings. The summed E-state index contributed by atoms with van der Waals surface area (Å²) in [6, 6.07) is 1.28. The minimum absolute atomic E-state index is 0.0320. The summed E-state index contributed by atoms with van der Waals surface area (Å²) in [4.78, 5) is 37.6. The molecule has 7 nitrogen and oxygen atoms in total. The summed E-state index contributed by atoms with van der Waals surface area (Å²) in [5.41, 5.74) is 0.716. The van der Waals surface area contributed by atoms with Gasteiger partial charge in [0.05, 0.1) is 6.42 Å². The molecule has 0 saturated carbocycles. The quantitative estimate of drug-likeness (QED) is 0.685. The Kier molecular flexibility index (Phi) is 5.66. The Morgan fingerprint density at radius 1 is 1.29 bits per heavy atom. The second kappa shape index (κ2) is 7.03. The van der Waals surface area contributed by atoms with Crippen LogP contribution >= 0.6 is 11.6 Å². The Bertz CT molecular complexity index is 574. The molecule has 0 saturated heterocycles. The zero-order valence-corrected chi connectivity index (χ0v) is 12.2. The summed E-state index contributed by atoms with van der Waals surface area (Å²) in [5.74, 6) is -3.42. The number of amides is 1. The highest BCUT2D eigenvalue weighted by Crippen LogP contribution is 2.17. The summed E-state index contributed by atoms with van der Waals surface area (Å²) >= 11 is 5.82. The van der Waals surface area contributed by atoms with Gasteiger partial charge in [0.15, 0.2) is 0 Å². The Labute approximate surface area is 125 Å². The summed E-state index contributed by atoms with van der Waals surface area (Å²) in [7, 11) is 0. The number of hydrogen-bond acceptors (Lipinski definition) is 4. The van der Waals surface area contributed by atoms with Crippen LogP contribution < -0.4 is 5.32 Å². The maximum atomic E-state index is 12.0. The lowest BCUT2D eigenvalue weighted by Crippen LogP contribution is -2.42. The molecule has 3 N–H and O–H groups in total. The van der Waals surface area contributed by atoms with E-state index in [4.69, 9.17) is 21.8 Å². The van der Waals surface area contributed by atoms with Gasteiger partial charge in [-0.15, -0.1) is 0 Å². The van der Waals surface area contributed by atoms with Crippen LogP contribution in [-0.4, -0.2) is 39.1 Å². The van der Waals surface area contributed by atoms with Crippen molar-refractivity contribution in [3.63, 3.8) is 0 Å². The Hall–Kier alpha value is -2.15. The molecule has 0 aliphatic carbocycles. The van der Waals surface area contributed by atoms with Crippen molar-refractivity contribution >= 4 is 29.4 Å². The van der Waals surface area contributed by atoms with Crippen molar-refractivity contribution in [2.45, 2.75) is 32.2 Å². The van der Waals surface area contributed by atoms with Gasteiger partial charge in [-0.3, -0.25) is 9.59 Å². The van der Waals surface area contributed by atoms with E-state index in [0.29, 0.717) is 5.69 Å². The average molecular weight is 315 g/mol. The van der Waals surface area contributed by atoms with Crippen LogP contribution in [-0.2, 0) is 9.59 Å². The topological polar surface area (TPSA) is 117 Å². The molecule has 0 aliphatic rings. The number of carboxylic acids is 2. The van der Waals surface area contributed by atoms with Gasteiger partial charge < -0.3 is 15.5 Å². The third-order valence-corrected chi connectivity index (χ3v) is 2.84. The Morgan fingerprint density at radius 2 is 1.90 bits per heavy atom. The fourth-order valence-corrected chi connectivity index (χ4v) is 1.78. The molecule has 0 aromatic carbocycles. The van der Waals surface area contributed by atoms with Gasteiger partial charge in [0.2, 0.25) is 0 Å². The van der Waals surface area contributed by atoms with Crippen LogP contribution in [0.5, 0.6) is 0 Å². The Morgan fingerprint density at radius 3 is 2.38 bits per heavy atom. The van der Waals surface area contributed by atoms with Crippen LogP contribution in [0.15, 0.2) is 12.1 Å². The fourth-order valence-electron chi connectivity index (χ4n) is 1.56. The lowest BCUT2D eigenvalue weighted by Gasteiger charge is -2.13. The predicted octanol–water partition coefficient (Wildman–Crippen LogP) is 1.52. The van der Waals surface area contributed by atoms with E-state index < -0.39 is 30.3 Å². The molecule has 1 unspecified atom stereocenters. The molecule has 1 aromatic heterocycles. The molecule has 0 bridgehead atoms. The molecular formula is C13H15ClN2O5. The number of halogens is 1. The minimum Gasteiger partial charge on any atom is -0.481 e. The van der Waals surface area contributed by atoms with Crippen molar-refractivity contribution in [3.8, 4) is 0 Å². The maximum absolute atomic E-state index is 12.0. The van der Waals surface area contributed by atoms with Gasteiger partial charge in [0, 0.05) is 11.3 Å². The molecule has 0 radical (unpaired) electrons. The van der Waals surface area contributed by atoms with E-state index in [1.54, 1.807) is 0 Å². The highest BCUT2D eigenvalue weighted by Gasteiger charge is 2.24. The van der Waals surface area contributed by atoms with Crippen LogP contribution in [0.25, 0.3) is 0 Å². The van der Waals surface area contributed by atoms with Gasteiger partial charge in [0.1, 0.15) is 11.2 Å². The van der Waals surface area contributed by atoms with E-state index in [0.717, 1.165) is 0 Å². The first kappa shape index (κ1) is 16.9. The number of carbonyl (C=O) groups is 3. The van der Waals surface area contributed by atoms with Crippen molar-refractivity contribution in [2.24, 2.45) is 0 Å². The normalized spacial score (nSPS) is 12.0. The average Bonchev–Trinajstić information content (AvgIpc) is 2.36. The largest absolute Gasteiger partial charge is 0.481 e. The van der Waals surface area contributed by atoms with Crippen LogP contribution in [0.4, 0.5) is 0 Å². The van der Waals surface area contributed by atoms with Crippen molar-refractivity contribution in [3.05, 3.63) is 28.5 Å². The SMILES string of the molecule is CC(C)c1cc(C(=O)NC(CC(=O)O)C(=O)O)cc(Cl)n1. The number of nitrogens with one attached hydrogen (secondary N) is 1. The van der Waals surface area contributed by atoms with Crippen molar-refractivity contribution in [2.75, 3.05) is 0 Å². The molecular weight excluding hydrogens is 300 g/mol. The van der Waals surface area contributed by atoms with Crippen molar-refractivity contribution in [1.29, 1.82) is 0 Å². The van der Waals surface area contributed by atoms with E-state index in [2.05, 4.69) is 10.3 Å². The molecule has 1 rings (SSSR count).